The molecule has 4 rings (SSSR count). The number of rotatable bonds is 4. The molecule has 0 bridgehead atoms. The maximum atomic E-state index is 12.5. The first-order valence-corrected chi connectivity index (χ1v) is 10.1. The SMILES string of the molecule is CSc1ccc(Oc2ccc(N3C(=O)CCC34C(=O)NC(=O)NC4=O)cc2)cc1. The molecule has 2 aromatic rings. The van der Waals surface area contributed by atoms with E-state index in [2.05, 4.69) is 10.6 Å². The number of hydrogen-bond acceptors (Lipinski definition) is 6. The summed E-state index contributed by atoms with van der Waals surface area (Å²) >= 11 is 1.63. The molecule has 1 spiro atoms. The van der Waals surface area contributed by atoms with Gasteiger partial charge in [0.25, 0.3) is 11.8 Å². The van der Waals surface area contributed by atoms with Crippen LogP contribution in [0.3, 0.4) is 0 Å². The number of barbiturate groups is 1. The van der Waals surface area contributed by atoms with Crippen LogP contribution in [0, 0.1) is 0 Å². The molecule has 9 heteroatoms. The lowest BCUT2D eigenvalue weighted by Crippen LogP contribution is -2.72. The van der Waals surface area contributed by atoms with E-state index in [4.69, 9.17) is 4.74 Å². The number of benzene rings is 2. The molecule has 2 aliphatic rings. The minimum absolute atomic E-state index is 0.00315. The molecule has 148 valence electrons. The van der Waals surface area contributed by atoms with Crippen molar-refractivity contribution >= 4 is 41.2 Å². The van der Waals surface area contributed by atoms with Crippen molar-refractivity contribution in [2.24, 2.45) is 0 Å². The highest BCUT2D eigenvalue weighted by Crippen LogP contribution is 2.38. The summed E-state index contributed by atoms with van der Waals surface area (Å²) in [5.41, 5.74) is -1.39. The molecule has 2 saturated heterocycles. The number of imide groups is 2. The molecular weight excluding hydrogens is 394 g/mol. The summed E-state index contributed by atoms with van der Waals surface area (Å²) in [7, 11) is 0. The molecule has 2 aliphatic heterocycles. The van der Waals surface area contributed by atoms with Crippen molar-refractivity contribution in [2.45, 2.75) is 23.3 Å². The Morgan fingerprint density at radius 2 is 1.45 bits per heavy atom. The molecule has 0 radical (unpaired) electrons. The molecule has 2 N–H and O–H groups in total. The lowest BCUT2D eigenvalue weighted by Gasteiger charge is -2.37. The third kappa shape index (κ3) is 3.23. The number of ether oxygens (including phenoxy) is 1. The van der Waals surface area contributed by atoms with Gasteiger partial charge in [-0.15, -0.1) is 11.8 Å². The Bertz CT molecular complexity index is 984. The standard InChI is InChI=1S/C20H17N3O5S/c1-29-15-8-6-14(7-9-15)28-13-4-2-12(3-5-13)23-16(24)10-11-20(23)17(25)21-19(27)22-18(20)26/h2-9H,10-11H2,1H3,(H2,21,22,25,26,27). The fourth-order valence-corrected chi connectivity index (χ4v) is 3.92. The van der Waals surface area contributed by atoms with Crippen molar-refractivity contribution in [3.05, 3.63) is 48.5 Å². The molecule has 0 atom stereocenters. The van der Waals surface area contributed by atoms with E-state index in [1.807, 2.05) is 30.5 Å². The number of urea groups is 1. The van der Waals surface area contributed by atoms with Crippen LogP contribution < -0.4 is 20.3 Å². The maximum absolute atomic E-state index is 12.5. The van der Waals surface area contributed by atoms with E-state index in [-0.39, 0.29) is 18.7 Å². The molecule has 2 heterocycles. The molecule has 2 aromatic carbocycles. The molecule has 0 aromatic heterocycles. The van der Waals surface area contributed by atoms with Crippen molar-refractivity contribution in [3.63, 3.8) is 0 Å². The van der Waals surface area contributed by atoms with Crippen molar-refractivity contribution in [3.8, 4) is 11.5 Å². The predicted octanol–water partition coefficient (Wildman–Crippen LogP) is 2.43. The van der Waals surface area contributed by atoms with Gasteiger partial charge in [-0.25, -0.2) is 4.79 Å². The monoisotopic (exact) mass is 411 g/mol. The normalized spacial score (nSPS) is 18.0. The number of anilines is 1. The minimum atomic E-state index is -1.76. The molecule has 29 heavy (non-hydrogen) atoms. The summed E-state index contributed by atoms with van der Waals surface area (Å²) in [5, 5.41) is 4.17. The van der Waals surface area contributed by atoms with Gasteiger partial charge in [0.1, 0.15) is 11.5 Å². The molecule has 5 amide bonds. The third-order valence-corrected chi connectivity index (χ3v) is 5.67. The second-order valence-electron chi connectivity index (χ2n) is 6.60. The average molecular weight is 411 g/mol. The van der Waals surface area contributed by atoms with Gasteiger partial charge >= 0.3 is 6.03 Å². The number of carbonyl (C=O) groups is 4. The highest BCUT2D eigenvalue weighted by molar-refractivity contribution is 7.98. The fraction of sp³-hybridized carbons (Fsp3) is 0.200. The van der Waals surface area contributed by atoms with Crippen LogP contribution in [0.15, 0.2) is 53.4 Å². The quantitative estimate of drug-likeness (QED) is 0.591. The molecule has 0 unspecified atom stereocenters. The van der Waals surface area contributed by atoms with Crippen molar-refractivity contribution in [2.75, 3.05) is 11.2 Å². The van der Waals surface area contributed by atoms with E-state index in [9.17, 15) is 19.2 Å². The van der Waals surface area contributed by atoms with Gasteiger partial charge in [0.15, 0.2) is 0 Å². The highest BCUT2D eigenvalue weighted by Gasteiger charge is 2.60. The fourth-order valence-electron chi connectivity index (χ4n) is 3.51. The third-order valence-electron chi connectivity index (χ3n) is 4.93. The van der Waals surface area contributed by atoms with Crippen LogP contribution in [0.2, 0.25) is 0 Å². The number of amides is 5. The Kier molecular flexibility index (Phi) is 4.75. The lowest BCUT2D eigenvalue weighted by atomic mass is 9.91. The van der Waals surface area contributed by atoms with E-state index >= 15 is 0 Å². The number of thioether (sulfide) groups is 1. The van der Waals surface area contributed by atoms with Crippen LogP contribution in [-0.2, 0) is 14.4 Å². The van der Waals surface area contributed by atoms with Gasteiger partial charge in [-0.3, -0.25) is 29.9 Å². The second kappa shape index (κ2) is 7.25. The van der Waals surface area contributed by atoms with Gasteiger partial charge in [0, 0.05) is 17.0 Å². The maximum Gasteiger partial charge on any atom is 0.328 e. The van der Waals surface area contributed by atoms with E-state index < -0.39 is 23.4 Å². The zero-order valence-corrected chi connectivity index (χ0v) is 16.2. The van der Waals surface area contributed by atoms with E-state index in [1.54, 1.807) is 36.0 Å². The predicted molar refractivity (Wildman–Crippen MR) is 106 cm³/mol. The zero-order chi connectivity index (χ0) is 20.6. The summed E-state index contributed by atoms with van der Waals surface area (Å²) in [6, 6.07) is 13.2. The summed E-state index contributed by atoms with van der Waals surface area (Å²) in [4.78, 5) is 51.2. The van der Waals surface area contributed by atoms with Crippen LogP contribution in [-0.4, -0.2) is 35.5 Å². The highest BCUT2D eigenvalue weighted by atomic mass is 32.2. The molecular formula is C20H17N3O5S. The van der Waals surface area contributed by atoms with Crippen molar-refractivity contribution < 1.29 is 23.9 Å². The van der Waals surface area contributed by atoms with Gasteiger partial charge < -0.3 is 4.74 Å². The van der Waals surface area contributed by atoms with Crippen molar-refractivity contribution in [1.29, 1.82) is 0 Å². The Balaban J connectivity index is 1.60. The van der Waals surface area contributed by atoms with Crippen LogP contribution in [0.4, 0.5) is 10.5 Å². The van der Waals surface area contributed by atoms with Crippen LogP contribution in [0.5, 0.6) is 11.5 Å². The average Bonchev–Trinajstić information content (AvgIpc) is 3.06. The van der Waals surface area contributed by atoms with E-state index in [0.29, 0.717) is 17.2 Å². The van der Waals surface area contributed by atoms with Crippen molar-refractivity contribution in [1.82, 2.24) is 10.6 Å². The van der Waals surface area contributed by atoms with E-state index in [1.165, 1.54) is 0 Å². The largest absolute Gasteiger partial charge is 0.457 e. The molecule has 2 fully saturated rings. The Morgan fingerprint density at radius 1 is 0.897 bits per heavy atom. The summed E-state index contributed by atoms with van der Waals surface area (Å²) < 4.78 is 5.80. The minimum Gasteiger partial charge on any atom is -0.457 e. The van der Waals surface area contributed by atoms with Crippen LogP contribution >= 0.6 is 11.8 Å². The first kappa shape index (κ1) is 19.0. The Labute approximate surface area is 170 Å². The van der Waals surface area contributed by atoms with Gasteiger partial charge in [-0.05, 0) is 61.2 Å². The molecule has 0 saturated carbocycles. The summed E-state index contributed by atoms with van der Waals surface area (Å²) in [5.74, 6) is -0.767. The lowest BCUT2D eigenvalue weighted by molar-refractivity contribution is -0.138. The number of carbonyl (C=O) groups excluding carboxylic acids is 4. The van der Waals surface area contributed by atoms with E-state index in [0.717, 1.165) is 9.80 Å². The Hall–Kier alpha value is -3.33. The Morgan fingerprint density at radius 3 is 2.00 bits per heavy atom. The number of nitrogens with zero attached hydrogens (tertiary/aromatic N) is 1. The van der Waals surface area contributed by atoms with Crippen LogP contribution in [0.1, 0.15) is 12.8 Å². The van der Waals surface area contributed by atoms with Gasteiger partial charge in [0.05, 0.1) is 0 Å². The van der Waals surface area contributed by atoms with Gasteiger partial charge in [-0.2, -0.15) is 0 Å². The van der Waals surface area contributed by atoms with Crippen LogP contribution in [0.25, 0.3) is 0 Å². The summed E-state index contributed by atoms with van der Waals surface area (Å²) in [6.07, 6.45) is 2.01. The van der Waals surface area contributed by atoms with Gasteiger partial charge in [0.2, 0.25) is 11.4 Å². The smallest absolute Gasteiger partial charge is 0.328 e. The second-order valence-corrected chi connectivity index (χ2v) is 7.48. The number of nitrogens with one attached hydrogen (secondary N) is 2. The first-order chi connectivity index (χ1) is 13.9. The molecule has 8 nitrogen and oxygen atoms in total. The zero-order valence-electron chi connectivity index (χ0n) is 15.4. The number of hydrogen-bond donors (Lipinski definition) is 2. The first-order valence-electron chi connectivity index (χ1n) is 8.86. The summed E-state index contributed by atoms with van der Waals surface area (Å²) in [6.45, 7) is 0. The van der Waals surface area contributed by atoms with Gasteiger partial charge in [-0.1, -0.05) is 0 Å². The molecule has 0 aliphatic carbocycles. The topological polar surface area (TPSA) is 105 Å².